The van der Waals surface area contributed by atoms with Crippen molar-refractivity contribution >= 4 is 11.9 Å². The molecule has 8 nitrogen and oxygen atoms in total. The lowest BCUT2D eigenvalue weighted by Gasteiger charge is -2.30. The van der Waals surface area contributed by atoms with Gasteiger partial charge >= 0.3 is 5.97 Å². The highest BCUT2D eigenvalue weighted by Gasteiger charge is 2.30. The van der Waals surface area contributed by atoms with Crippen LogP contribution in [0.2, 0.25) is 0 Å². The lowest BCUT2D eigenvalue weighted by Crippen LogP contribution is -2.44. The molecule has 1 aromatic carbocycles. The topological polar surface area (TPSA) is 109 Å². The minimum Gasteiger partial charge on any atom is -0.503 e. The van der Waals surface area contributed by atoms with Crippen LogP contribution in [0.1, 0.15) is 20.8 Å². The van der Waals surface area contributed by atoms with E-state index in [1.54, 1.807) is 12.1 Å². The number of carboxylic acids is 1. The predicted octanol–water partition coefficient (Wildman–Crippen LogP) is 0.787. The van der Waals surface area contributed by atoms with Crippen LogP contribution in [-0.2, 0) is 6.54 Å². The predicted molar refractivity (Wildman–Crippen MR) is 87.2 cm³/mol. The van der Waals surface area contributed by atoms with Gasteiger partial charge in [0.1, 0.15) is 17.9 Å². The maximum atomic E-state index is 12.5. The zero-order valence-electron chi connectivity index (χ0n) is 13.2. The van der Waals surface area contributed by atoms with Gasteiger partial charge in [-0.25, -0.2) is 4.79 Å². The van der Waals surface area contributed by atoms with Gasteiger partial charge in [-0.1, -0.05) is 18.2 Å². The third-order valence-corrected chi connectivity index (χ3v) is 3.96. The number of aromatic hydroxyl groups is 1. The van der Waals surface area contributed by atoms with Crippen molar-refractivity contribution in [2.24, 2.45) is 0 Å². The van der Waals surface area contributed by atoms with Gasteiger partial charge in [0, 0.05) is 19.3 Å². The number of aromatic nitrogens is 1. The molecule has 0 spiro atoms. The van der Waals surface area contributed by atoms with Crippen molar-refractivity contribution in [1.82, 2.24) is 9.47 Å². The maximum Gasteiger partial charge on any atom is 0.341 e. The van der Waals surface area contributed by atoms with Crippen LogP contribution in [-0.4, -0.2) is 51.3 Å². The van der Waals surface area contributed by atoms with E-state index in [9.17, 15) is 19.5 Å². The Kier molecular flexibility index (Phi) is 4.42. The van der Waals surface area contributed by atoms with Gasteiger partial charge in [0.2, 0.25) is 5.43 Å². The molecule has 0 saturated heterocycles. The van der Waals surface area contributed by atoms with Crippen LogP contribution < -0.4 is 10.2 Å². The molecule has 1 amide bonds. The van der Waals surface area contributed by atoms with Crippen LogP contribution in [0.25, 0.3) is 0 Å². The molecule has 2 heterocycles. The number of hydrogen-bond acceptors (Lipinski definition) is 5. The van der Waals surface area contributed by atoms with Gasteiger partial charge in [-0.3, -0.25) is 9.59 Å². The summed E-state index contributed by atoms with van der Waals surface area (Å²) in [7, 11) is 0. The highest BCUT2D eigenvalue weighted by Crippen LogP contribution is 2.20. The van der Waals surface area contributed by atoms with Crippen LogP contribution in [0.3, 0.4) is 0 Å². The largest absolute Gasteiger partial charge is 0.503 e. The molecule has 0 fully saturated rings. The first kappa shape index (κ1) is 16.6. The van der Waals surface area contributed by atoms with Crippen LogP contribution >= 0.6 is 0 Å². The number of ether oxygens (including phenoxy) is 1. The van der Waals surface area contributed by atoms with E-state index in [4.69, 9.17) is 9.84 Å². The standard InChI is InChI=1S/C17H16N2O6/c20-14-12(17(23)24)10-19-7-6-18(16(22)13(19)15(14)21)8-9-25-11-4-2-1-3-5-11/h1-5,10,21H,6-9H2,(H,23,24). The fourth-order valence-corrected chi connectivity index (χ4v) is 2.69. The third-order valence-electron chi connectivity index (χ3n) is 3.96. The number of carbonyl (C=O) groups is 2. The van der Waals surface area contributed by atoms with Crippen LogP contribution in [0.4, 0.5) is 0 Å². The van der Waals surface area contributed by atoms with Crippen molar-refractivity contribution < 1.29 is 24.5 Å². The molecule has 0 unspecified atom stereocenters. The number of rotatable bonds is 5. The molecule has 0 atom stereocenters. The second kappa shape index (κ2) is 6.68. The second-order valence-corrected chi connectivity index (χ2v) is 5.52. The summed E-state index contributed by atoms with van der Waals surface area (Å²) in [5.74, 6) is -2.13. The highest BCUT2D eigenvalue weighted by molar-refractivity contribution is 5.97. The van der Waals surface area contributed by atoms with Crippen molar-refractivity contribution in [3.8, 4) is 11.5 Å². The molecule has 1 aromatic heterocycles. The lowest BCUT2D eigenvalue weighted by molar-refractivity contribution is 0.0654. The van der Waals surface area contributed by atoms with Gasteiger partial charge in [0.25, 0.3) is 5.91 Å². The molecule has 0 saturated carbocycles. The van der Waals surface area contributed by atoms with E-state index in [1.807, 2.05) is 18.2 Å². The normalized spacial score (nSPS) is 13.4. The zero-order valence-corrected chi connectivity index (χ0v) is 13.2. The van der Waals surface area contributed by atoms with E-state index >= 15 is 0 Å². The number of amides is 1. The summed E-state index contributed by atoms with van der Waals surface area (Å²) >= 11 is 0. The van der Waals surface area contributed by atoms with Gasteiger partial charge in [0.15, 0.2) is 11.4 Å². The Balaban J connectivity index is 1.76. The van der Waals surface area contributed by atoms with Crippen molar-refractivity contribution in [3.63, 3.8) is 0 Å². The summed E-state index contributed by atoms with van der Waals surface area (Å²) < 4.78 is 6.85. The first-order chi connectivity index (χ1) is 12.0. The summed E-state index contributed by atoms with van der Waals surface area (Å²) in [5.41, 5.74) is -1.81. The summed E-state index contributed by atoms with van der Waals surface area (Å²) in [6.07, 6.45) is 1.09. The van der Waals surface area contributed by atoms with Crippen molar-refractivity contribution in [1.29, 1.82) is 0 Å². The zero-order chi connectivity index (χ0) is 18.0. The van der Waals surface area contributed by atoms with E-state index in [-0.39, 0.29) is 25.4 Å². The van der Waals surface area contributed by atoms with E-state index in [2.05, 4.69) is 0 Å². The Hall–Kier alpha value is -3.29. The highest BCUT2D eigenvalue weighted by atomic mass is 16.5. The molecule has 0 bridgehead atoms. The minimum atomic E-state index is -1.44. The van der Waals surface area contributed by atoms with Crippen molar-refractivity contribution in [3.05, 3.63) is 58.0 Å². The average Bonchev–Trinajstić information content (AvgIpc) is 2.60. The summed E-state index contributed by atoms with van der Waals surface area (Å²) in [6, 6.07) is 9.13. The molecule has 0 aliphatic carbocycles. The fraction of sp³-hybridized carbons (Fsp3) is 0.235. The van der Waals surface area contributed by atoms with Crippen LogP contribution in [0.5, 0.6) is 11.5 Å². The van der Waals surface area contributed by atoms with Crippen LogP contribution in [0, 0.1) is 0 Å². The number of aromatic carboxylic acids is 1. The molecule has 8 heteroatoms. The number of fused-ring (bicyclic) bond motifs is 1. The van der Waals surface area contributed by atoms with E-state index < -0.39 is 28.6 Å². The van der Waals surface area contributed by atoms with Gasteiger partial charge in [-0.15, -0.1) is 0 Å². The Labute approximate surface area is 142 Å². The fourth-order valence-electron chi connectivity index (χ4n) is 2.69. The van der Waals surface area contributed by atoms with E-state index in [1.165, 1.54) is 9.47 Å². The van der Waals surface area contributed by atoms with Gasteiger partial charge < -0.3 is 24.4 Å². The van der Waals surface area contributed by atoms with E-state index in [0.717, 1.165) is 6.20 Å². The number of carboxylic acid groups (broad SMARTS) is 1. The molecular formula is C17H16N2O6. The number of hydrogen-bond donors (Lipinski definition) is 2. The molecule has 130 valence electrons. The molecular weight excluding hydrogens is 328 g/mol. The molecule has 2 aromatic rings. The Morgan fingerprint density at radius 1 is 1.16 bits per heavy atom. The monoisotopic (exact) mass is 344 g/mol. The molecule has 1 aliphatic heterocycles. The van der Waals surface area contributed by atoms with Gasteiger partial charge in [0.05, 0.1) is 6.54 Å². The Morgan fingerprint density at radius 2 is 1.88 bits per heavy atom. The maximum absolute atomic E-state index is 12.5. The summed E-state index contributed by atoms with van der Waals surface area (Å²) in [4.78, 5) is 36.9. The summed E-state index contributed by atoms with van der Waals surface area (Å²) in [5, 5.41) is 19.0. The number of nitrogens with zero attached hydrogens (tertiary/aromatic N) is 2. The average molecular weight is 344 g/mol. The smallest absolute Gasteiger partial charge is 0.341 e. The van der Waals surface area contributed by atoms with Crippen molar-refractivity contribution in [2.45, 2.75) is 6.54 Å². The number of benzene rings is 1. The van der Waals surface area contributed by atoms with Gasteiger partial charge in [-0.2, -0.15) is 0 Å². The first-order valence-corrected chi connectivity index (χ1v) is 7.66. The first-order valence-electron chi connectivity index (χ1n) is 7.66. The second-order valence-electron chi connectivity index (χ2n) is 5.52. The lowest BCUT2D eigenvalue weighted by atomic mass is 10.1. The number of pyridine rings is 1. The SMILES string of the molecule is O=C(O)c1cn2c(c(O)c1=O)C(=O)N(CCOc1ccccc1)CC2. The quantitative estimate of drug-likeness (QED) is 0.830. The Bertz CT molecular complexity index is 875. The summed E-state index contributed by atoms with van der Waals surface area (Å²) in [6.45, 7) is 1.14. The van der Waals surface area contributed by atoms with Crippen LogP contribution in [0.15, 0.2) is 41.3 Å². The molecule has 3 rings (SSSR count). The van der Waals surface area contributed by atoms with E-state index in [0.29, 0.717) is 12.3 Å². The molecule has 1 aliphatic rings. The molecule has 25 heavy (non-hydrogen) atoms. The minimum absolute atomic E-state index is 0.194. The number of para-hydroxylation sites is 1. The molecule has 0 radical (unpaired) electrons. The third kappa shape index (κ3) is 3.18. The molecule has 2 N–H and O–H groups in total. The van der Waals surface area contributed by atoms with Crippen molar-refractivity contribution in [2.75, 3.05) is 19.7 Å². The van der Waals surface area contributed by atoms with Gasteiger partial charge in [-0.05, 0) is 12.1 Å². The number of carbonyl (C=O) groups excluding carboxylic acids is 1. The Morgan fingerprint density at radius 3 is 2.56 bits per heavy atom.